The Kier molecular flexibility index (Phi) is 3.82. The molecule has 1 heterocycles. The van der Waals surface area contributed by atoms with E-state index in [1.807, 2.05) is 38.8 Å². The average Bonchev–Trinajstić information content (AvgIpc) is 2.15. The van der Waals surface area contributed by atoms with Crippen LogP contribution in [-0.4, -0.2) is 29.4 Å². The molecule has 0 aliphatic heterocycles. The van der Waals surface area contributed by atoms with Crippen LogP contribution in [0, 0.1) is 25.2 Å². The third kappa shape index (κ3) is 3.18. The number of hydrogen-bond acceptors (Lipinski definition) is 4. The number of anilines is 1. The highest BCUT2D eigenvalue weighted by Crippen LogP contribution is 2.10. The molecule has 5 nitrogen and oxygen atoms in total. The van der Waals surface area contributed by atoms with Crippen molar-refractivity contribution in [2.75, 3.05) is 18.5 Å². The molecule has 0 fully saturated rings. The number of amidine groups is 1. The topological polar surface area (TPSA) is 78.9 Å². The number of aromatic nitrogens is 2. The van der Waals surface area contributed by atoms with E-state index in [1.54, 1.807) is 0 Å². The van der Waals surface area contributed by atoms with Gasteiger partial charge in [0.25, 0.3) is 0 Å². The van der Waals surface area contributed by atoms with Crippen LogP contribution in [0.15, 0.2) is 6.07 Å². The highest BCUT2D eigenvalue weighted by molar-refractivity contribution is 5.79. The van der Waals surface area contributed by atoms with Crippen LogP contribution in [0.3, 0.4) is 0 Å². The molecule has 5 heteroatoms. The molecule has 0 aliphatic rings. The van der Waals surface area contributed by atoms with Crippen LogP contribution in [-0.2, 0) is 0 Å². The zero-order chi connectivity index (χ0) is 12.3. The Bertz CT molecular complexity index is 368. The minimum atomic E-state index is 0.00872. The van der Waals surface area contributed by atoms with Crippen molar-refractivity contribution >= 4 is 11.8 Å². The first-order chi connectivity index (χ1) is 7.40. The summed E-state index contributed by atoms with van der Waals surface area (Å²) >= 11 is 0. The third-order valence-electron chi connectivity index (χ3n) is 2.39. The van der Waals surface area contributed by atoms with E-state index >= 15 is 0 Å². The lowest BCUT2D eigenvalue weighted by Gasteiger charge is -2.21. The van der Waals surface area contributed by atoms with Gasteiger partial charge >= 0.3 is 0 Å². The number of nitrogens with one attached hydrogen (secondary N) is 1. The van der Waals surface area contributed by atoms with Crippen LogP contribution in [0.1, 0.15) is 18.3 Å². The molecule has 0 aromatic carbocycles. The molecule has 0 amide bonds. The highest BCUT2D eigenvalue weighted by atomic mass is 15.2. The second-order valence-electron chi connectivity index (χ2n) is 4.19. The molecule has 1 aromatic rings. The van der Waals surface area contributed by atoms with Gasteiger partial charge in [-0.25, -0.2) is 9.97 Å². The lowest BCUT2D eigenvalue weighted by molar-refractivity contribution is 0.711. The molecule has 1 unspecified atom stereocenters. The van der Waals surface area contributed by atoms with Gasteiger partial charge in [0.1, 0.15) is 0 Å². The highest BCUT2D eigenvalue weighted by Gasteiger charge is 2.12. The van der Waals surface area contributed by atoms with Gasteiger partial charge in [-0.3, -0.25) is 5.41 Å². The monoisotopic (exact) mass is 221 g/mol. The SMILES string of the molecule is Cc1cc(C)nc(N(C)CC(C)C(=N)N)n1. The first-order valence-corrected chi connectivity index (χ1v) is 5.27. The lowest BCUT2D eigenvalue weighted by atomic mass is 10.1. The molecule has 88 valence electrons. The second-order valence-corrected chi connectivity index (χ2v) is 4.19. The fourth-order valence-electron chi connectivity index (χ4n) is 1.47. The van der Waals surface area contributed by atoms with Gasteiger partial charge in [0, 0.05) is 30.9 Å². The Morgan fingerprint density at radius 2 is 1.94 bits per heavy atom. The fourth-order valence-corrected chi connectivity index (χ4v) is 1.47. The Hall–Kier alpha value is -1.65. The number of hydrogen-bond donors (Lipinski definition) is 2. The quantitative estimate of drug-likeness (QED) is 0.589. The molecule has 0 aliphatic carbocycles. The van der Waals surface area contributed by atoms with Gasteiger partial charge < -0.3 is 10.6 Å². The normalized spacial score (nSPS) is 12.2. The fraction of sp³-hybridized carbons (Fsp3) is 0.545. The van der Waals surface area contributed by atoms with E-state index in [-0.39, 0.29) is 11.8 Å². The van der Waals surface area contributed by atoms with Crippen molar-refractivity contribution in [3.05, 3.63) is 17.5 Å². The molecule has 0 saturated heterocycles. The number of nitrogens with zero attached hydrogens (tertiary/aromatic N) is 3. The van der Waals surface area contributed by atoms with Crippen LogP contribution >= 0.6 is 0 Å². The van der Waals surface area contributed by atoms with E-state index in [0.29, 0.717) is 12.5 Å². The van der Waals surface area contributed by atoms with Crippen LogP contribution in [0.4, 0.5) is 5.95 Å². The van der Waals surface area contributed by atoms with Crippen molar-refractivity contribution in [2.45, 2.75) is 20.8 Å². The summed E-state index contributed by atoms with van der Waals surface area (Å²) in [5.74, 6) is 0.885. The van der Waals surface area contributed by atoms with Gasteiger partial charge in [-0.15, -0.1) is 0 Å². The Balaban J connectivity index is 2.80. The standard InChI is InChI=1S/C11H19N5/c1-7(10(12)13)6-16(4)11-14-8(2)5-9(3)15-11/h5,7H,6H2,1-4H3,(H3,12,13). The minimum absolute atomic E-state index is 0.00872. The van der Waals surface area contributed by atoms with E-state index in [0.717, 1.165) is 11.4 Å². The molecule has 1 aromatic heterocycles. The summed E-state index contributed by atoms with van der Waals surface area (Å²) in [6.07, 6.45) is 0. The Morgan fingerprint density at radius 3 is 2.38 bits per heavy atom. The zero-order valence-corrected chi connectivity index (χ0v) is 10.3. The first-order valence-electron chi connectivity index (χ1n) is 5.27. The first kappa shape index (κ1) is 12.4. The molecular formula is C11H19N5. The van der Waals surface area contributed by atoms with Crippen LogP contribution in [0.25, 0.3) is 0 Å². The minimum Gasteiger partial charge on any atom is -0.387 e. The summed E-state index contributed by atoms with van der Waals surface area (Å²) in [6, 6.07) is 1.94. The lowest BCUT2D eigenvalue weighted by Crippen LogP contribution is -2.33. The van der Waals surface area contributed by atoms with Gasteiger partial charge in [-0.2, -0.15) is 0 Å². The van der Waals surface area contributed by atoms with Crippen molar-refractivity contribution in [1.82, 2.24) is 9.97 Å². The molecule has 1 rings (SSSR count). The molecule has 0 bridgehead atoms. The van der Waals surface area contributed by atoms with E-state index < -0.39 is 0 Å². The van der Waals surface area contributed by atoms with E-state index in [2.05, 4.69) is 9.97 Å². The molecule has 0 radical (unpaired) electrons. The summed E-state index contributed by atoms with van der Waals surface area (Å²) < 4.78 is 0. The van der Waals surface area contributed by atoms with Crippen molar-refractivity contribution < 1.29 is 0 Å². The maximum absolute atomic E-state index is 7.35. The van der Waals surface area contributed by atoms with Crippen molar-refractivity contribution in [2.24, 2.45) is 11.7 Å². The maximum Gasteiger partial charge on any atom is 0.225 e. The molecule has 0 spiro atoms. The smallest absolute Gasteiger partial charge is 0.225 e. The summed E-state index contributed by atoms with van der Waals surface area (Å²) in [5.41, 5.74) is 7.34. The van der Waals surface area contributed by atoms with E-state index in [1.165, 1.54) is 0 Å². The average molecular weight is 221 g/mol. The van der Waals surface area contributed by atoms with Crippen LogP contribution in [0.2, 0.25) is 0 Å². The number of nitrogens with two attached hydrogens (primary N) is 1. The predicted octanol–water partition coefficient (Wildman–Crippen LogP) is 1.10. The largest absolute Gasteiger partial charge is 0.387 e. The molecular weight excluding hydrogens is 202 g/mol. The third-order valence-corrected chi connectivity index (χ3v) is 2.39. The van der Waals surface area contributed by atoms with Gasteiger partial charge in [0.05, 0.1) is 5.84 Å². The van der Waals surface area contributed by atoms with Crippen molar-refractivity contribution in [3.8, 4) is 0 Å². The summed E-state index contributed by atoms with van der Waals surface area (Å²) in [6.45, 7) is 6.46. The second kappa shape index (κ2) is 4.92. The zero-order valence-electron chi connectivity index (χ0n) is 10.3. The predicted molar refractivity (Wildman–Crippen MR) is 65.9 cm³/mol. The summed E-state index contributed by atoms with van der Waals surface area (Å²) in [4.78, 5) is 10.6. The molecule has 3 N–H and O–H groups in total. The van der Waals surface area contributed by atoms with Gasteiger partial charge in [-0.1, -0.05) is 6.92 Å². The maximum atomic E-state index is 7.35. The van der Waals surface area contributed by atoms with Crippen molar-refractivity contribution in [3.63, 3.8) is 0 Å². The van der Waals surface area contributed by atoms with Gasteiger partial charge in [-0.05, 0) is 19.9 Å². The molecule has 1 atom stereocenters. The Labute approximate surface area is 96.2 Å². The van der Waals surface area contributed by atoms with Crippen LogP contribution < -0.4 is 10.6 Å². The van der Waals surface area contributed by atoms with E-state index in [4.69, 9.17) is 11.1 Å². The summed E-state index contributed by atoms with van der Waals surface area (Å²) in [5, 5.41) is 7.35. The van der Waals surface area contributed by atoms with Gasteiger partial charge in [0.2, 0.25) is 5.95 Å². The number of rotatable bonds is 4. The summed E-state index contributed by atoms with van der Waals surface area (Å²) in [7, 11) is 1.91. The van der Waals surface area contributed by atoms with Crippen LogP contribution in [0.5, 0.6) is 0 Å². The van der Waals surface area contributed by atoms with Gasteiger partial charge in [0.15, 0.2) is 0 Å². The Morgan fingerprint density at radius 1 is 1.44 bits per heavy atom. The van der Waals surface area contributed by atoms with E-state index in [9.17, 15) is 0 Å². The number of aryl methyl sites for hydroxylation is 2. The molecule has 0 saturated carbocycles. The molecule has 16 heavy (non-hydrogen) atoms. The van der Waals surface area contributed by atoms with Crippen molar-refractivity contribution in [1.29, 1.82) is 5.41 Å².